The number of hydrogen-bond acceptors (Lipinski definition) is 3. The minimum Gasteiger partial charge on any atom is -0.480 e. The van der Waals surface area contributed by atoms with Crippen molar-refractivity contribution in [3.8, 4) is 0 Å². The van der Waals surface area contributed by atoms with E-state index in [4.69, 9.17) is 9.84 Å². The summed E-state index contributed by atoms with van der Waals surface area (Å²) in [7, 11) is 1.71. The molecule has 1 N–H and O–H groups in total. The summed E-state index contributed by atoms with van der Waals surface area (Å²) in [5, 5.41) is 9.08. The van der Waals surface area contributed by atoms with Crippen LogP contribution in [-0.4, -0.2) is 48.3 Å². The standard InChI is InChI=1S/C13H23NO3/c1-17-9-12(10-6-7-10)14(8-13(15)16)11-4-2-3-5-11/h10-12H,2-9H2,1H3,(H,15,16). The van der Waals surface area contributed by atoms with E-state index < -0.39 is 5.97 Å². The topological polar surface area (TPSA) is 49.8 Å². The van der Waals surface area contributed by atoms with Gasteiger partial charge in [-0.15, -0.1) is 0 Å². The average Bonchev–Trinajstić information content (AvgIpc) is 2.98. The third-order valence-electron chi connectivity index (χ3n) is 4.04. The molecule has 98 valence electrons. The van der Waals surface area contributed by atoms with Crippen LogP contribution in [0.5, 0.6) is 0 Å². The van der Waals surface area contributed by atoms with Gasteiger partial charge in [-0.05, 0) is 31.6 Å². The second-order valence-corrected chi connectivity index (χ2v) is 5.36. The van der Waals surface area contributed by atoms with Crippen LogP contribution in [0.15, 0.2) is 0 Å². The van der Waals surface area contributed by atoms with E-state index in [2.05, 4.69) is 4.90 Å². The highest BCUT2D eigenvalue weighted by Crippen LogP contribution is 2.38. The molecule has 1 atom stereocenters. The third-order valence-corrected chi connectivity index (χ3v) is 4.04. The Hall–Kier alpha value is -0.610. The molecule has 0 aromatic rings. The smallest absolute Gasteiger partial charge is 0.317 e. The Bertz CT molecular complexity index is 259. The summed E-state index contributed by atoms with van der Waals surface area (Å²) in [4.78, 5) is 13.2. The van der Waals surface area contributed by atoms with E-state index in [-0.39, 0.29) is 6.54 Å². The summed E-state index contributed by atoms with van der Waals surface area (Å²) in [6.07, 6.45) is 7.25. The molecule has 0 aliphatic heterocycles. The zero-order valence-corrected chi connectivity index (χ0v) is 10.6. The molecule has 4 heteroatoms. The van der Waals surface area contributed by atoms with Gasteiger partial charge in [-0.2, -0.15) is 0 Å². The first kappa shape index (κ1) is 12.8. The van der Waals surface area contributed by atoms with Gasteiger partial charge in [0, 0.05) is 19.2 Å². The van der Waals surface area contributed by atoms with E-state index in [1.807, 2.05) is 0 Å². The molecule has 0 saturated heterocycles. The first-order valence-electron chi connectivity index (χ1n) is 6.69. The van der Waals surface area contributed by atoms with E-state index in [9.17, 15) is 4.79 Å². The second kappa shape index (κ2) is 5.83. The van der Waals surface area contributed by atoms with Crippen molar-refractivity contribution in [2.45, 2.75) is 50.6 Å². The number of carboxylic acid groups (broad SMARTS) is 1. The molecular weight excluding hydrogens is 218 g/mol. The summed E-state index contributed by atoms with van der Waals surface area (Å²) in [5.74, 6) is -0.0476. The van der Waals surface area contributed by atoms with Gasteiger partial charge in [0.2, 0.25) is 0 Å². The molecule has 0 amide bonds. The normalized spacial score (nSPS) is 23.2. The van der Waals surface area contributed by atoms with Gasteiger partial charge in [0.15, 0.2) is 0 Å². The molecule has 0 aromatic carbocycles. The molecular formula is C13H23NO3. The van der Waals surface area contributed by atoms with E-state index >= 15 is 0 Å². The maximum atomic E-state index is 11.0. The van der Waals surface area contributed by atoms with Gasteiger partial charge in [-0.3, -0.25) is 9.69 Å². The van der Waals surface area contributed by atoms with Crippen molar-refractivity contribution in [2.24, 2.45) is 5.92 Å². The Morgan fingerprint density at radius 3 is 2.47 bits per heavy atom. The van der Waals surface area contributed by atoms with Crippen LogP contribution in [0.4, 0.5) is 0 Å². The highest BCUT2D eigenvalue weighted by atomic mass is 16.5. The van der Waals surface area contributed by atoms with Crippen LogP contribution in [-0.2, 0) is 9.53 Å². The largest absolute Gasteiger partial charge is 0.480 e. The molecule has 2 saturated carbocycles. The van der Waals surface area contributed by atoms with Crippen molar-refractivity contribution in [1.29, 1.82) is 0 Å². The van der Waals surface area contributed by atoms with Gasteiger partial charge in [0.1, 0.15) is 0 Å². The highest BCUT2D eigenvalue weighted by molar-refractivity contribution is 5.69. The van der Waals surface area contributed by atoms with Crippen LogP contribution in [0, 0.1) is 5.92 Å². The van der Waals surface area contributed by atoms with Crippen LogP contribution in [0.3, 0.4) is 0 Å². The summed E-state index contributed by atoms with van der Waals surface area (Å²) >= 11 is 0. The van der Waals surface area contributed by atoms with Crippen molar-refractivity contribution >= 4 is 5.97 Å². The van der Waals surface area contributed by atoms with Crippen molar-refractivity contribution in [1.82, 2.24) is 4.90 Å². The lowest BCUT2D eigenvalue weighted by Crippen LogP contribution is -2.48. The Morgan fingerprint density at radius 1 is 1.35 bits per heavy atom. The quantitative estimate of drug-likeness (QED) is 0.737. The van der Waals surface area contributed by atoms with Gasteiger partial charge >= 0.3 is 5.97 Å². The fraction of sp³-hybridized carbons (Fsp3) is 0.923. The number of methoxy groups -OCH3 is 1. The number of ether oxygens (including phenoxy) is 1. The lowest BCUT2D eigenvalue weighted by atomic mass is 10.1. The molecule has 0 radical (unpaired) electrons. The molecule has 17 heavy (non-hydrogen) atoms. The molecule has 0 aromatic heterocycles. The Morgan fingerprint density at radius 2 is 2.00 bits per heavy atom. The van der Waals surface area contributed by atoms with Crippen LogP contribution in [0.1, 0.15) is 38.5 Å². The van der Waals surface area contributed by atoms with E-state index in [1.165, 1.54) is 25.7 Å². The number of carboxylic acids is 1. The summed E-state index contributed by atoms with van der Waals surface area (Å²) in [5.41, 5.74) is 0. The Balaban J connectivity index is 2.02. The maximum Gasteiger partial charge on any atom is 0.317 e. The monoisotopic (exact) mass is 241 g/mol. The first-order chi connectivity index (χ1) is 8.22. The van der Waals surface area contributed by atoms with Crippen molar-refractivity contribution in [3.63, 3.8) is 0 Å². The minimum atomic E-state index is -0.710. The number of hydrogen-bond donors (Lipinski definition) is 1. The summed E-state index contributed by atoms with van der Waals surface area (Å²) in [6, 6.07) is 0.783. The molecule has 0 spiro atoms. The number of aliphatic carboxylic acids is 1. The van der Waals surface area contributed by atoms with Gasteiger partial charge in [0.25, 0.3) is 0 Å². The molecule has 2 aliphatic carbocycles. The second-order valence-electron chi connectivity index (χ2n) is 5.36. The number of nitrogens with zero attached hydrogens (tertiary/aromatic N) is 1. The van der Waals surface area contributed by atoms with Crippen LogP contribution >= 0.6 is 0 Å². The van der Waals surface area contributed by atoms with E-state index in [0.29, 0.717) is 24.6 Å². The van der Waals surface area contributed by atoms with Crippen molar-refractivity contribution in [2.75, 3.05) is 20.3 Å². The Kier molecular flexibility index (Phi) is 4.40. The zero-order chi connectivity index (χ0) is 12.3. The Labute approximate surface area is 103 Å². The van der Waals surface area contributed by atoms with Crippen molar-refractivity contribution < 1.29 is 14.6 Å². The maximum absolute atomic E-state index is 11.0. The fourth-order valence-corrected chi connectivity index (χ4v) is 3.06. The van der Waals surface area contributed by atoms with Gasteiger partial charge < -0.3 is 9.84 Å². The van der Waals surface area contributed by atoms with Crippen LogP contribution in [0.25, 0.3) is 0 Å². The zero-order valence-electron chi connectivity index (χ0n) is 10.6. The lowest BCUT2D eigenvalue weighted by molar-refractivity contribution is -0.140. The average molecular weight is 241 g/mol. The van der Waals surface area contributed by atoms with Crippen LogP contribution in [0.2, 0.25) is 0 Å². The molecule has 2 aliphatic rings. The molecule has 4 nitrogen and oxygen atoms in total. The highest BCUT2D eigenvalue weighted by Gasteiger charge is 2.39. The third kappa shape index (κ3) is 3.42. The molecule has 1 unspecified atom stereocenters. The van der Waals surface area contributed by atoms with E-state index in [1.54, 1.807) is 7.11 Å². The molecule has 2 rings (SSSR count). The predicted molar refractivity (Wildman–Crippen MR) is 65.0 cm³/mol. The molecule has 0 heterocycles. The molecule has 0 bridgehead atoms. The van der Waals surface area contributed by atoms with Gasteiger partial charge in [-0.1, -0.05) is 12.8 Å². The number of carbonyl (C=O) groups is 1. The van der Waals surface area contributed by atoms with Crippen molar-refractivity contribution in [3.05, 3.63) is 0 Å². The first-order valence-corrected chi connectivity index (χ1v) is 6.69. The minimum absolute atomic E-state index is 0.176. The van der Waals surface area contributed by atoms with Gasteiger partial charge in [0.05, 0.1) is 13.2 Å². The van der Waals surface area contributed by atoms with Gasteiger partial charge in [-0.25, -0.2) is 0 Å². The van der Waals surface area contributed by atoms with Crippen LogP contribution < -0.4 is 0 Å². The SMILES string of the molecule is COCC(C1CC1)N(CC(=O)O)C1CCCC1. The number of rotatable bonds is 7. The fourth-order valence-electron chi connectivity index (χ4n) is 3.06. The predicted octanol–water partition coefficient (Wildman–Crippen LogP) is 1.74. The molecule has 2 fully saturated rings. The lowest BCUT2D eigenvalue weighted by Gasteiger charge is -2.35. The van der Waals surface area contributed by atoms with E-state index in [0.717, 1.165) is 12.8 Å². The summed E-state index contributed by atoms with van der Waals surface area (Å²) < 4.78 is 5.29. The summed E-state index contributed by atoms with van der Waals surface area (Å²) in [6.45, 7) is 0.851.